The van der Waals surface area contributed by atoms with Crippen molar-refractivity contribution >= 4 is 5.97 Å². The maximum atomic E-state index is 11.7. The summed E-state index contributed by atoms with van der Waals surface area (Å²) in [6.07, 6.45) is -0.964. The standard InChI is InChI=1S/C47H52O7/c1-33-22-27-39(29-40(33)28-35-25-23-34(24-26-35)20-13-21-41(48)49)42-43(51-30-36-14-7-4-8-15-36)44(52-31-37-16-9-5-10-17-37)45(46(54-42)47(2,3)50)53-32-38-18-11-6-12-19-38/h4-12,14-19,22-27,29,42-46,50H,13,20-21,28,30-32H2,1-3H3,(H,48,49)/t42-,43-,44+,45-,46-/m0/s1. The predicted octanol–water partition coefficient (Wildman–Crippen LogP) is 8.96. The highest BCUT2D eigenvalue weighted by atomic mass is 16.6. The summed E-state index contributed by atoms with van der Waals surface area (Å²) in [5.41, 5.74) is 7.31. The SMILES string of the molecule is Cc1ccc([C@@H]2O[C@H](C(C)(C)O)[C@@H](OCc3ccccc3)[C@H](OCc3ccccc3)[C@H]2OCc2ccccc2)cc1Cc1ccc(CCCC(=O)O)cc1. The molecule has 5 aromatic carbocycles. The van der Waals surface area contributed by atoms with Crippen molar-refractivity contribution in [3.8, 4) is 0 Å². The second-order valence-corrected chi connectivity index (χ2v) is 14.8. The van der Waals surface area contributed by atoms with E-state index in [4.69, 9.17) is 24.1 Å². The van der Waals surface area contributed by atoms with Crippen molar-refractivity contribution in [2.45, 2.75) is 102 Å². The normalized spacial score (nSPS) is 20.1. The van der Waals surface area contributed by atoms with E-state index in [1.54, 1.807) is 13.8 Å². The highest BCUT2D eigenvalue weighted by Gasteiger charge is 2.53. The lowest BCUT2D eigenvalue weighted by molar-refractivity contribution is -0.294. The van der Waals surface area contributed by atoms with Crippen molar-refractivity contribution in [2.75, 3.05) is 0 Å². The van der Waals surface area contributed by atoms with Gasteiger partial charge < -0.3 is 29.2 Å². The van der Waals surface area contributed by atoms with Crippen molar-refractivity contribution < 1.29 is 34.0 Å². The maximum absolute atomic E-state index is 11.7. The van der Waals surface area contributed by atoms with Crippen LogP contribution in [0.15, 0.2) is 133 Å². The molecule has 7 nitrogen and oxygen atoms in total. The summed E-state index contributed by atoms with van der Waals surface area (Å²) in [5.74, 6) is -0.769. The fourth-order valence-corrected chi connectivity index (χ4v) is 7.08. The first-order chi connectivity index (χ1) is 26.1. The zero-order chi connectivity index (χ0) is 37.9. The average Bonchev–Trinajstić information content (AvgIpc) is 3.17. The summed E-state index contributed by atoms with van der Waals surface area (Å²) in [4.78, 5) is 11.0. The summed E-state index contributed by atoms with van der Waals surface area (Å²) in [7, 11) is 0. The molecule has 0 radical (unpaired) electrons. The Morgan fingerprint density at radius 2 is 1.15 bits per heavy atom. The van der Waals surface area contributed by atoms with Gasteiger partial charge in [0, 0.05) is 6.42 Å². The molecule has 282 valence electrons. The lowest BCUT2D eigenvalue weighted by Gasteiger charge is -2.49. The van der Waals surface area contributed by atoms with Crippen molar-refractivity contribution in [1.82, 2.24) is 0 Å². The quantitative estimate of drug-likeness (QED) is 0.0988. The van der Waals surface area contributed by atoms with E-state index in [1.807, 2.05) is 91.0 Å². The van der Waals surface area contributed by atoms with E-state index in [0.717, 1.165) is 50.9 Å². The van der Waals surface area contributed by atoms with Crippen LogP contribution in [0.4, 0.5) is 0 Å². The predicted molar refractivity (Wildman–Crippen MR) is 210 cm³/mol. The van der Waals surface area contributed by atoms with Gasteiger partial charge in [0.25, 0.3) is 0 Å². The van der Waals surface area contributed by atoms with Gasteiger partial charge in [0.1, 0.15) is 30.5 Å². The minimum Gasteiger partial charge on any atom is -0.481 e. The highest BCUT2D eigenvalue weighted by Crippen LogP contribution is 2.42. The molecule has 0 amide bonds. The number of benzene rings is 5. The lowest BCUT2D eigenvalue weighted by Crippen LogP contribution is -2.62. The maximum Gasteiger partial charge on any atom is 0.303 e. The van der Waals surface area contributed by atoms with Crippen LogP contribution in [0.25, 0.3) is 0 Å². The first-order valence-corrected chi connectivity index (χ1v) is 18.9. The zero-order valence-corrected chi connectivity index (χ0v) is 31.5. The molecule has 54 heavy (non-hydrogen) atoms. The van der Waals surface area contributed by atoms with E-state index in [9.17, 15) is 9.90 Å². The second kappa shape index (κ2) is 18.6. The number of carboxylic acids is 1. The number of aliphatic carboxylic acids is 1. The number of carbonyl (C=O) groups is 1. The molecule has 1 aliphatic rings. The zero-order valence-electron chi connectivity index (χ0n) is 31.5. The number of hydrogen-bond acceptors (Lipinski definition) is 6. The fraction of sp³-hybridized carbons (Fsp3) is 0.340. The molecule has 0 spiro atoms. The molecule has 0 aliphatic carbocycles. The number of hydrogen-bond donors (Lipinski definition) is 2. The van der Waals surface area contributed by atoms with Crippen LogP contribution >= 0.6 is 0 Å². The number of ether oxygens (including phenoxy) is 4. The molecule has 1 aliphatic heterocycles. The molecule has 6 rings (SSSR count). The number of aryl methyl sites for hydroxylation is 2. The molecule has 5 aromatic rings. The Bertz CT molecular complexity index is 1890. The van der Waals surface area contributed by atoms with Gasteiger partial charge in [-0.15, -0.1) is 0 Å². The molecule has 0 unspecified atom stereocenters. The van der Waals surface area contributed by atoms with Gasteiger partial charge in [-0.1, -0.05) is 133 Å². The molecule has 0 aromatic heterocycles. The van der Waals surface area contributed by atoms with Crippen LogP contribution in [-0.4, -0.2) is 46.2 Å². The van der Waals surface area contributed by atoms with Gasteiger partial charge in [0.05, 0.1) is 25.4 Å². The van der Waals surface area contributed by atoms with Gasteiger partial charge in [0.2, 0.25) is 0 Å². The van der Waals surface area contributed by atoms with Crippen LogP contribution in [0.1, 0.15) is 77.3 Å². The number of carboxylic acid groups (broad SMARTS) is 1. The Hall–Kier alpha value is -4.63. The third-order valence-electron chi connectivity index (χ3n) is 10.1. The first kappa shape index (κ1) is 39.1. The molecular weight excluding hydrogens is 677 g/mol. The molecule has 1 heterocycles. The summed E-state index contributed by atoms with van der Waals surface area (Å²) in [5, 5.41) is 20.8. The third kappa shape index (κ3) is 10.7. The van der Waals surface area contributed by atoms with Crippen molar-refractivity contribution in [2.24, 2.45) is 0 Å². The van der Waals surface area contributed by atoms with Crippen molar-refractivity contribution in [1.29, 1.82) is 0 Å². The fourth-order valence-electron chi connectivity index (χ4n) is 7.08. The van der Waals surface area contributed by atoms with Gasteiger partial charge in [-0.25, -0.2) is 0 Å². The Labute approximate surface area is 319 Å². The molecular formula is C47H52O7. The molecule has 0 bridgehead atoms. The van der Waals surface area contributed by atoms with Crippen molar-refractivity contribution in [3.63, 3.8) is 0 Å². The molecule has 1 fully saturated rings. The minimum absolute atomic E-state index is 0.166. The monoisotopic (exact) mass is 728 g/mol. The molecule has 5 atom stereocenters. The van der Waals surface area contributed by atoms with Gasteiger partial charge in [0.15, 0.2) is 0 Å². The minimum atomic E-state index is -1.28. The van der Waals surface area contributed by atoms with Crippen LogP contribution in [0.5, 0.6) is 0 Å². The van der Waals surface area contributed by atoms with E-state index >= 15 is 0 Å². The van der Waals surface area contributed by atoms with Crippen molar-refractivity contribution in [3.05, 3.63) is 178 Å². The smallest absolute Gasteiger partial charge is 0.303 e. The Balaban J connectivity index is 1.35. The first-order valence-electron chi connectivity index (χ1n) is 18.9. The van der Waals surface area contributed by atoms with E-state index in [0.29, 0.717) is 32.7 Å². The summed E-state index contributed by atoms with van der Waals surface area (Å²) >= 11 is 0. The number of aliphatic hydroxyl groups is 1. The third-order valence-corrected chi connectivity index (χ3v) is 10.1. The largest absolute Gasteiger partial charge is 0.481 e. The summed E-state index contributed by atoms with van der Waals surface area (Å²) in [6.45, 7) is 6.63. The summed E-state index contributed by atoms with van der Waals surface area (Å²) < 4.78 is 27.5. The molecule has 0 saturated carbocycles. The Morgan fingerprint density at radius 3 is 1.67 bits per heavy atom. The Morgan fingerprint density at radius 1 is 0.648 bits per heavy atom. The van der Waals surface area contributed by atoms with E-state index in [-0.39, 0.29) is 6.42 Å². The van der Waals surface area contributed by atoms with Crippen LogP contribution in [0, 0.1) is 6.92 Å². The summed E-state index contributed by atoms with van der Waals surface area (Å²) in [6, 6.07) is 45.0. The van der Waals surface area contributed by atoms with E-state index in [1.165, 1.54) is 0 Å². The number of rotatable bonds is 17. The van der Waals surface area contributed by atoms with Gasteiger partial charge in [-0.2, -0.15) is 0 Å². The van der Waals surface area contributed by atoms with Gasteiger partial charge in [-0.3, -0.25) is 4.79 Å². The molecule has 7 heteroatoms. The molecule has 2 N–H and O–H groups in total. The van der Waals surface area contributed by atoms with Crippen LogP contribution in [0.2, 0.25) is 0 Å². The van der Waals surface area contributed by atoms with E-state index < -0.39 is 42.1 Å². The van der Waals surface area contributed by atoms with Gasteiger partial charge in [-0.05, 0) is 84.5 Å². The molecule has 1 saturated heterocycles. The topological polar surface area (TPSA) is 94.5 Å². The van der Waals surface area contributed by atoms with E-state index in [2.05, 4.69) is 49.4 Å². The Kier molecular flexibility index (Phi) is 13.5. The lowest BCUT2D eigenvalue weighted by atomic mass is 9.83. The average molecular weight is 729 g/mol. The highest BCUT2D eigenvalue weighted by molar-refractivity contribution is 5.66. The van der Waals surface area contributed by atoms with Gasteiger partial charge >= 0.3 is 5.97 Å². The van der Waals surface area contributed by atoms with Crippen LogP contribution in [-0.2, 0) is 56.4 Å². The second-order valence-electron chi connectivity index (χ2n) is 14.8. The van der Waals surface area contributed by atoms with Crippen LogP contribution in [0.3, 0.4) is 0 Å². The van der Waals surface area contributed by atoms with Crippen LogP contribution < -0.4 is 0 Å².